The molecule has 0 spiro atoms. The number of H-pyrrole nitrogens is 1. The first-order valence-electron chi connectivity index (χ1n) is 11.2. The van der Waals surface area contributed by atoms with Gasteiger partial charge in [-0.05, 0) is 62.8 Å². The summed E-state index contributed by atoms with van der Waals surface area (Å²) in [4.78, 5) is 27.3. The second-order valence-corrected chi connectivity index (χ2v) is 8.60. The lowest BCUT2D eigenvalue weighted by atomic mass is 10.1. The molecule has 0 saturated carbocycles. The van der Waals surface area contributed by atoms with Gasteiger partial charge in [0.2, 0.25) is 0 Å². The van der Waals surface area contributed by atoms with E-state index in [0.29, 0.717) is 16.6 Å². The van der Waals surface area contributed by atoms with Gasteiger partial charge < -0.3 is 10.3 Å². The van der Waals surface area contributed by atoms with Crippen molar-refractivity contribution in [3.8, 4) is 5.69 Å². The number of benzene rings is 2. The smallest absolute Gasteiger partial charge is 0.258 e. The Morgan fingerprint density at radius 1 is 1.18 bits per heavy atom. The molecular formula is C25H22FN7O. The van der Waals surface area contributed by atoms with Crippen LogP contribution in [0.25, 0.3) is 27.6 Å². The third kappa shape index (κ3) is 3.50. The van der Waals surface area contributed by atoms with E-state index in [4.69, 9.17) is 4.98 Å². The van der Waals surface area contributed by atoms with Gasteiger partial charge in [-0.15, -0.1) is 0 Å². The van der Waals surface area contributed by atoms with E-state index in [1.54, 1.807) is 41.5 Å². The van der Waals surface area contributed by atoms with Crippen molar-refractivity contribution >= 4 is 33.5 Å². The van der Waals surface area contributed by atoms with Crippen LogP contribution in [0.3, 0.4) is 0 Å². The summed E-state index contributed by atoms with van der Waals surface area (Å²) in [5.74, 6) is -0.207. The fourth-order valence-electron chi connectivity index (χ4n) is 4.63. The van der Waals surface area contributed by atoms with Crippen LogP contribution in [-0.2, 0) is 0 Å². The maximum atomic E-state index is 15.0. The average Bonchev–Trinajstić information content (AvgIpc) is 3.56. The Bertz CT molecular complexity index is 1520. The number of aromatic amines is 1. The minimum absolute atomic E-state index is 0.0419. The molecular weight excluding hydrogens is 433 g/mol. The molecule has 9 heteroatoms. The Balaban J connectivity index is 1.27. The van der Waals surface area contributed by atoms with E-state index in [0.717, 1.165) is 41.9 Å². The average molecular weight is 455 g/mol. The summed E-state index contributed by atoms with van der Waals surface area (Å²) in [7, 11) is 2.10. The monoisotopic (exact) mass is 455 g/mol. The summed E-state index contributed by atoms with van der Waals surface area (Å²) in [5, 5.41) is 7.82. The fraction of sp³-hybridized carbons (Fsp3) is 0.200. The summed E-state index contributed by atoms with van der Waals surface area (Å²) < 4.78 is 16.6. The molecule has 1 saturated heterocycles. The number of halogens is 1. The van der Waals surface area contributed by atoms with Gasteiger partial charge in [0.15, 0.2) is 0 Å². The normalized spacial score (nSPS) is 16.5. The minimum Gasteiger partial charge on any atom is -0.341 e. The molecule has 170 valence electrons. The number of pyridine rings is 1. The van der Waals surface area contributed by atoms with E-state index in [1.807, 2.05) is 12.1 Å². The largest absolute Gasteiger partial charge is 0.341 e. The van der Waals surface area contributed by atoms with Crippen LogP contribution in [0.15, 0.2) is 61.1 Å². The number of hydrogen-bond donors (Lipinski definition) is 2. The molecule has 5 aromatic rings. The van der Waals surface area contributed by atoms with Crippen molar-refractivity contribution in [2.45, 2.75) is 18.9 Å². The standard InChI is InChI=1S/C25H22FN7O/c1-32-10-2-3-22(32)24-30-20-5-4-16(12-21(20)31-24)29-25(34)18-11-15-14-28-33(23(15)13-19(18)26)17-6-8-27-9-7-17/h4-9,11-14,22H,2-3,10H2,1H3,(H,29,34)(H,30,31)/t22-/m1/s1. The predicted molar refractivity (Wildman–Crippen MR) is 127 cm³/mol. The molecule has 8 nitrogen and oxygen atoms in total. The topological polar surface area (TPSA) is 91.7 Å². The summed E-state index contributed by atoms with van der Waals surface area (Å²) in [6.45, 7) is 1.06. The maximum absolute atomic E-state index is 15.0. The number of hydrogen-bond acceptors (Lipinski definition) is 5. The van der Waals surface area contributed by atoms with Gasteiger partial charge in [0.05, 0.1) is 40.0 Å². The maximum Gasteiger partial charge on any atom is 0.258 e. The van der Waals surface area contributed by atoms with Crippen LogP contribution in [0.4, 0.5) is 10.1 Å². The van der Waals surface area contributed by atoms with Gasteiger partial charge in [0, 0.05) is 29.5 Å². The number of nitrogens with one attached hydrogen (secondary N) is 2. The van der Waals surface area contributed by atoms with Gasteiger partial charge in [0.1, 0.15) is 11.6 Å². The molecule has 2 aromatic carbocycles. The second-order valence-electron chi connectivity index (χ2n) is 8.60. The van der Waals surface area contributed by atoms with Gasteiger partial charge in [-0.1, -0.05) is 0 Å². The summed E-state index contributed by atoms with van der Waals surface area (Å²) >= 11 is 0. The van der Waals surface area contributed by atoms with E-state index in [2.05, 4.69) is 32.3 Å². The fourth-order valence-corrected chi connectivity index (χ4v) is 4.63. The van der Waals surface area contributed by atoms with Crippen molar-refractivity contribution in [1.29, 1.82) is 0 Å². The Morgan fingerprint density at radius 3 is 2.82 bits per heavy atom. The number of rotatable bonds is 4. The molecule has 1 aliphatic heterocycles. The van der Waals surface area contributed by atoms with Crippen molar-refractivity contribution in [3.63, 3.8) is 0 Å². The summed E-state index contributed by atoms with van der Waals surface area (Å²) in [6.07, 6.45) is 7.12. The molecule has 0 radical (unpaired) electrons. The lowest BCUT2D eigenvalue weighted by Gasteiger charge is -2.16. The first kappa shape index (κ1) is 20.5. The Labute approximate surface area is 194 Å². The molecule has 2 N–H and O–H groups in total. The number of carbonyl (C=O) groups excluding carboxylic acids is 1. The number of amides is 1. The zero-order chi connectivity index (χ0) is 23.2. The van der Waals surface area contributed by atoms with Crippen molar-refractivity contribution in [2.75, 3.05) is 18.9 Å². The number of carbonyl (C=O) groups is 1. The molecule has 4 heterocycles. The third-order valence-corrected chi connectivity index (χ3v) is 6.40. The molecule has 1 aliphatic rings. The molecule has 1 fully saturated rings. The number of likely N-dealkylation sites (tertiary alicyclic amines) is 1. The highest BCUT2D eigenvalue weighted by Gasteiger charge is 2.25. The first-order chi connectivity index (χ1) is 16.6. The molecule has 0 aliphatic carbocycles. The van der Waals surface area contributed by atoms with Crippen molar-refractivity contribution in [3.05, 3.63) is 78.3 Å². The zero-order valence-corrected chi connectivity index (χ0v) is 18.5. The van der Waals surface area contributed by atoms with Crippen LogP contribution in [0.1, 0.15) is 35.1 Å². The quantitative estimate of drug-likeness (QED) is 0.418. The minimum atomic E-state index is -0.616. The third-order valence-electron chi connectivity index (χ3n) is 6.40. The number of nitrogens with zero attached hydrogens (tertiary/aromatic N) is 5. The molecule has 0 unspecified atom stereocenters. The zero-order valence-electron chi connectivity index (χ0n) is 18.5. The lowest BCUT2D eigenvalue weighted by molar-refractivity contribution is 0.102. The van der Waals surface area contributed by atoms with Crippen LogP contribution >= 0.6 is 0 Å². The molecule has 3 aromatic heterocycles. The molecule has 1 amide bonds. The SMILES string of the molecule is CN1CCC[C@@H]1c1nc2ccc(NC(=O)c3cc4cnn(-c5ccncc5)c4cc3F)cc2[nH]1. The Hall–Kier alpha value is -4.11. The van der Waals surface area contributed by atoms with E-state index in [9.17, 15) is 9.18 Å². The van der Waals surface area contributed by atoms with Gasteiger partial charge in [-0.25, -0.2) is 14.1 Å². The van der Waals surface area contributed by atoms with Crippen LogP contribution in [0.2, 0.25) is 0 Å². The van der Waals surface area contributed by atoms with Crippen molar-refractivity contribution < 1.29 is 9.18 Å². The number of anilines is 1. The van der Waals surface area contributed by atoms with Gasteiger partial charge in [-0.3, -0.25) is 14.7 Å². The van der Waals surface area contributed by atoms with Crippen molar-refractivity contribution in [1.82, 2.24) is 29.6 Å². The van der Waals surface area contributed by atoms with Crippen molar-refractivity contribution in [2.24, 2.45) is 0 Å². The number of fused-ring (bicyclic) bond motifs is 2. The molecule has 0 bridgehead atoms. The van der Waals surface area contributed by atoms with Crippen LogP contribution < -0.4 is 5.32 Å². The van der Waals surface area contributed by atoms with Gasteiger partial charge in [-0.2, -0.15) is 5.10 Å². The Morgan fingerprint density at radius 2 is 2.03 bits per heavy atom. The highest BCUT2D eigenvalue weighted by molar-refractivity contribution is 6.07. The highest BCUT2D eigenvalue weighted by atomic mass is 19.1. The van der Waals surface area contributed by atoms with Crippen LogP contribution in [-0.4, -0.2) is 49.1 Å². The number of aromatic nitrogens is 5. The van der Waals surface area contributed by atoms with E-state index >= 15 is 0 Å². The van der Waals surface area contributed by atoms with Crippen LogP contribution in [0.5, 0.6) is 0 Å². The highest BCUT2D eigenvalue weighted by Crippen LogP contribution is 2.30. The van der Waals surface area contributed by atoms with E-state index < -0.39 is 11.7 Å². The van der Waals surface area contributed by atoms with Crippen LogP contribution in [0, 0.1) is 5.82 Å². The second kappa shape index (κ2) is 8.03. The summed E-state index contributed by atoms with van der Waals surface area (Å²) in [5.41, 5.74) is 3.53. The first-order valence-corrected chi connectivity index (χ1v) is 11.2. The Kier molecular flexibility index (Phi) is 4.84. The molecule has 34 heavy (non-hydrogen) atoms. The predicted octanol–water partition coefficient (Wildman–Crippen LogP) is 4.45. The van der Waals surface area contributed by atoms with E-state index in [1.165, 1.54) is 12.1 Å². The van der Waals surface area contributed by atoms with E-state index in [-0.39, 0.29) is 11.6 Å². The molecule has 6 rings (SSSR count). The molecule has 1 atom stereocenters. The van der Waals surface area contributed by atoms with Gasteiger partial charge in [0.25, 0.3) is 5.91 Å². The number of imidazole rings is 1. The van der Waals surface area contributed by atoms with Gasteiger partial charge >= 0.3 is 0 Å². The lowest BCUT2D eigenvalue weighted by Crippen LogP contribution is -2.18. The summed E-state index contributed by atoms with van der Waals surface area (Å²) in [6, 6.07) is 12.2.